The molecule has 0 unspecified atom stereocenters. The van der Waals surface area contributed by atoms with Gasteiger partial charge in [0, 0.05) is 33.7 Å². The maximum Gasteiger partial charge on any atom is 0.230 e. The third kappa shape index (κ3) is 7.01. The van der Waals surface area contributed by atoms with Crippen LogP contribution in [0.1, 0.15) is 11.1 Å². The number of carbonyl (C=O) groups is 1. The Hall–Kier alpha value is -1.59. The molecule has 0 aliphatic carbocycles. The average Bonchev–Trinajstić information content (AvgIpc) is 2.55. The largest absolute Gasteiger partial charge is 0.354 e. The standard InChI is InChI=1S/C18H21NO2S2/c1-15-7-9-17(10-8-15)22-13-18(20)19-11-12-23(21)14-16-5-3-2-4-6-16/h2-10H,11-14H2,1H3,(H,19,20)/t23-/m1/s1. The van der Waals surface area contributed by atoms with Crippen molar-refractivity contribution >= 4 is 28.5 Å². The number of thioether (sulfide) groups is 1. The van der Waals surface area contributed by atoms with E-state index in [2.05, 4.69) is 5.32 Å². The first-order valence-electron chi connectivity index (χ1n) is 7.48. The Kier molecular flexibility index (Phi) is 7.36. The van der Waals surface area contributed by atoms with E-state index in [1.165, 1.54) is 17.3 Å². The molecule has 0 spiro atoms. The molecule has 3 nitrogen and oxygen atoms in total. The van der Waals surface area contributed by atoms with Gasteiger partial charge in [-0.2, -0.15) is 0 Å². The lowest BCUT2D eigenvalue weighted by molar-refractivity contribution is -0.118. The van der Waals surface area contributed by atoms with Crippen LogP contribution in [-0.2, 0) is 21.3 Å². The molecule has 2 aromatic carbocycles. The number of amides is 1. The molecular formula is C18H21NO2S2. The van der Waals surface area contributed by atoms with E-state index in [4.69, 9.17) is 0 Å². The van der Waals surface area contributed by atoms with E-state index in [0.717, 1.165) is 10.5 Å². The van der Waals surface area contributed by atoms with Gasteiger partial charge >= 0.3 is 0 Å². The lowest BCUT2D eigenvalue weighted by Crippen LogP contribution is -2.29. The van der Waals surface area contributed by atoms with Crippen LogP contribution in [-0.4, -0.2) is 28.2 Å². The highest BCUT2D eigenvalue weighted by Crippen LogP contribution is 2.17. The van der Waals surface area contributed by atoms with Gasteiger partial charge < -0.3 is 5.32 Å². The highest BCUT2D eigenvalue weighted by molar-refractivity contribution is 8.00. The van der Waals surface area contributed by atoms with E-state index in [1.54, 1.807) is 0 Å². The number of hydrogen-bond donors (Lipinski definition) is 1. The van der Waals surface area contributed by atoms with Crippen molar-refractivity contribution in [2.75, 3.05) is 18.1 Å². The summed E-state index contributed by atoms with van der Waals surface area (Å²) in [6, 6.07) is 17.9. The van der Waals surface area contributed by atoms with E-state index in [-0.39, 0.29) is 5.91 Å². The van der Waals surface area contributed by atoms with Crippen LogP contribution in [0.4, 0.5) is 0 Å². The fourth-order valence-corrected chi connectivity index (χ4v) is 3.74. The molecule has 1 N–H and O–H groups in total. The van der Waals surface area contributed by atoms with Crippen molar-refractivity contribution in [1.82, 2.24) is 5.32 Å². The quantitative estimate of drug-likeness (QED) is 0.746. The van der Waals surface area contributed by atoms with Crippen molar-refractivity contribution in [1.29, 1.82) is 0 Å². The smallest absolute Gasteiger partial charge is 0.230 e. The lowest BCUT2D eigenvalue weighted by atomic mass is 10.2. The number of rotatable bonds is 8. The maximum absolute atomic E-state index is 12.0. The van der Waals surface area contributed by atoms with Gasteiger partial charge in [0.15, 0.2) is 0 Å². The molecule has 0 aliphatic heterocycles. The zero-order valence-electron chi connectivity index (χ0n) is 13.2. The van der Waals surface area contributed by atoms with E-state index in [0.29, 0.717) is 23.8 Å². The second kappa shape index (κ2) is 9.53. The van der Waals surface area contributed by atoms with Gasteiger partial charge in [-0.1, -0.05) is 48.0 Å². The van der Waals surface area contributed by atoms with Gasteiger partial charge in [0.2, 0.25) is 5.91 Å². The second-order valence-electron chi connectivity index (χ2n) is 5.23. The predicted octanol–water partition coefficient (Wildman–Crippen LogP) is 3.15. The zero-order valence-corrected chi connectivity index (χ0v) is 14.8. The van der Waals surface area contributed by atoms with Crippen molar-refractivity contribution in [2.24, 2.45) is 0 Å². The molecule has 2 aromatic rings. The molecule has 0 bridgehead atoms. The SMILES string of the molecule is Cc1ccc(SCC(=O)NCC[S@@](=O)Cc2ccccc2)cc1. The van der Waals surface area contributed by atoms with Gasteiger partial charge in [-0.25, -0.2) is 0 Å². The fraction of sp³-hybridized carbons (Fsp3) is 0.278. The summed E-state index contributed by atoms with van der Waals surface area (Å²) >= 11 is 1.51. The highest BCUT2D eigenvalue weighted by atomic mass is 32.2. The third-order valence-corrected chi connectivity index (χ3v) is 5.54. The Balaban J connectivity index is 1.62. The molecule has 122 valence electrons. The van der Waals surface area contributed by atoms with Crippen molar-refractivity contribution < 1.29 is 9.00 Å². The van der Waals surface area contributed by atoms with Gasteiger partial charge in [0.1, 0.15) is 0 Å². The van der Waals surface area contributed by atoms with Crippen molar-refractivity contribution in [3.05, 3.63) is 65.7 Å². The monoisotopic (exact) mass is 347 g/mol. The molecule has 0 radical (unpaired) electrons. The second-order valence-corrected chi connectivity index (χ2v) is 7.85. The normalized spacial score (nSPS) is 11.9. The number of aryl methyl sites for hydroxylation is 1. The average molecular weight is 348 g/mol. The summed E-state index contributed by atoms with van der Waals surface area (Å²) in [7, 11) is -0.952. The van der Waals surface area contributed by atoms with E-state index < -0.39 is 10.8 Å². The molecule has 0 aliphatic rings. The van der Waals surface area contributed by atoms with Crippen molar-refractivity contribution in [3.8, 4) is 0 Å². The van der Waals surface area contributed by atoms with Crippen LogP contribution in [0.5, 0.6) is 0 Å². The molecule has 0 aromatic heterocycles. The van der Waals surface area contributed by atoms with E-state index >= 15 is 0 Å². The molecular weight excluding hydrogens is 326 g/mol. The van der Waals surface area contributed by atoms with Gasteiger partial charge in [-0.3, -0.25) is 9.00 Å². The number of benzene rings is 2. The summed E-state index contributed by atoms with van der Waals surface area (Å²) in [5, 5.41) is 2.83. The third-order valence-electron chi connectivity index (χ3n) is 3.21. The molecule has 0 heterocycles. The van der Waals surface area contributed by atoms with E-state index in [1.807, 2.05) is 61.5 Å². The first-order chi connectivity index (χ1) is 11.1. The summed E-state index contributed by atoms with van der Waals surface area (Å²) in [6.45, 7) is 2.49. The van der Waals surface area contributed by atoms with Gasteiger partial charge in [-0.15, -0.1) is 11.8 Å². The molecule has 0 fully saturated rings. The highest BCUT2D eigenvalue weighted by Gasteiger charge is 2.05. The Labute approximate surface area is 144 Å². The van der Waals surface area contributed by atoms with Crippen LogP contribution in [0.3, 0.4) is 0 Å². The van der Waals surface area contributed by atoms with Crippen molar-refractivity contribution in [2.45, 2.75) is 17.6 Å². The van der Waals surface area contributed by atoms with Crippen LogP contribution >= 0.6 is 11.8 Å². The van der Waals surface area contributed by atoms with Crippen molar-refractivity contribution in [3.63, 3.8) is 0 Å². The Morgan fingerprint density at radius 2 is 1.78 bits per heavy atom. The Morgan fingerprint density at radius 3 is 2.48 bits per heavy atom. The van der Waals surface area contributed by atoms with Gasteiger partial charge in [0.05, 0.1) is 5.75 Å². The summed E-state index contributed by atoms with van der Waals surface area (Å²) in [4.78, 5) is 12.9. The zero-order chi connectivity index (χ0) is 16.5. The number of nitrogens with one attached hydrogen (secondary N) is 1. The fourth-order valence-electron chi connectivity index (χ4n) is 1.97. The van der Waals surface area contributed by atoms with E-state index in [9.17, 15) is 9.00 Å². The molecule has 5 heteroatoms. The Bertz CT molecular complexity index is 642. The van der Waals surface area contributed by atoms with Crippen LogP contribution in [0.2, 0.25) is 0 Å². The first kappa shape index (κ1) is 17.8. The molecule has 1 atom stereocenters. The van der Waals surface area contributed by atoms with Gasteiger partial charge in [-0.05, 0) is 24.6 Å². The maximum atomic E-state index is 12.0. The summed E-state index contributed by atoms with van der Waals surface area (Å²) in [5.74, 6) is 1.38. The van der Waals surface area contributed by atoms with Gasteiger partial charge in [0.25, 0.3) is 0 Å². The van der Waals surface area contributed by atoms with Crippen LogP contribution in [0.25, 0.3) is 0 Å². The summed E-state index contributed by atoms with van der Waals surface area (Å²) in [5.41, 5.74) is 2.27. The molecule has 1 amide bonds. The first-order valence-corrected chi connectivity index (χ1v) is 9.96. The molecule has 0 saturated carbocycles. The predicted molar refractivity (Wildman–Crippen MR) is 98.1 cm³/mol. The molecule has 2 rings (SSSR count). The molecule has 23 heavy (non-hydrogen) atoms. The van der Waals surface area contributed by atoms with Crippen LogP contribution < -0.4 is 5.32 Å². The minimum atomic E-state index is -0.952. The lowest BCUT2D eigenvalue weighted by Gasteiger charge is -2.06. The molecule has 0 saturated heterocycles. The minimum Gasteiger partial charge on any atom is -0.354 e. The Morgan fingerprint density at radius 1 is 1.09 bits per heavy atom. The van der Waals surface area contributed by atoms with Crippen LogP contribution in [0, 0.1) is 6.92 Å². The topological polar surface area (TPSA) is 46.2 Å². The number of hydrogen-bond acceptors (Lipinski definition) is 3. The number of carbonyl (C=O) groups excluding carboxylic acids is 1. The minimum absolute atomic E-state index is 0.0210. The summed E-state index contributed by atoms with van der Waals surface area (Å²) < 4.78 is 12.0. The van der Waals surface area contributed by atoms with Crippen LogP contribution in [0.15, 0.2) is 59.5 Å². The summed E-state index contributed by atoms with van der Waals surface area (Å²) in [6.07, 6.45) is 0.